The van der Waals surface area contributed by atoms with Gasteiger partial charge < -0.3 is 5.43 Å². The van der Waals surface area contributed by atoms with E-state index in [-0.39, 0.29) is 0 Å². The van der Waals surface area contributed by atoms with Crippen molar-refractivity contribution in [2.24, 2.45) is 0 Å². The Bertz CT molecular complexity index is 788. The molecular weight excluding hydrogens is 292 g/mol. The minimum Gasteiger partial charge on any atom is -0.318 e. The summed E-state index contributed by atoms with van der Waals surface area (Å²) in [4.78, 5) is 0. The normalized spacial score (nSPS) is 10.6. The molecule has 1 aromatic heterocycles. The largest absolute Gasteiger partial charge is 0.318 e. The van der Waals surface area contributed by atoms with E-state index in [0.29, 0.717) is 11.3 Å². The van der Waals surface area contributed by atoms with Gasteiger partial charge in [-0.15, -0.1) is 0 Å². The van der Waals surface area contributed by atoms with Crippen molar-refractivity contribution >= 4 is 12.2 Å². The number of hydrogen-bond acceptors (Lipinski definition) is 3. The van der Waals surface area contributed by atoms with E-state index >= 15 is 0 Å². The van der Waals surface area contributed by atoms with Gasteiger partial charge in [0, 0.05) is 6.42 Å². The summed E-state index contributed by atoms with van der Waals surface area (Å²) in [6, 6.07) is 18.9. The molecule has 3 rings (SSSR count). The summed E-state index contributed by atoms with van der Waals surface area (Å²) in [5.74, 6) is 0.908. The van der Waals surface area contributed by atoms with E-state index in [4.69, 9.17) is 12.2 Å². The molecule has 0 saturated carbocycles. The van der Waals surface area contributed by atoms with Crippen molar-refractivity contribution in [2.45, 2.75) is 19.9 Å². The first-order valence-electron chi connectivity index (χ1n) is 7.32. The Morgan fingerprint density at radius 1 is 1.05 bits per heavy atom. The average molecular weight is 310 g/mol. The number of nitrogens with zero attached hydrogens (tertiary/aromatic N) is 2. The molecule has 0 aliphatic carbocycles. The van der Waals surface area contributed by atoms with Crippen LogP contribution in [0.15, 0.2) is 54.6 Å². The molecule has 0 atom stereocenters. The number of rotatable bonds is 5. The first kappa shape index (κ1) is 14.5. The fraction of sp³-hybridized carbons (Fsp3) is 0.176. The predicted octanol–water partition coefficient (Wildman–Crippen LogP) is 3.91. The van der Waals surface area contributed by atoms with E-state index in [2.05, 4.69) is 71.1 Å². The van der Waals surface area contributed by atoms with Crippen LogP contribution in [0.3, 0.4) is 0 Å². The Kier molecular flexibility index (Phi) is 4.34. The number of H-pyrrole nitrogens is 1. The molecule has 0 radical (unpaired) electrons. The molecule has 1 heterocycles. The van der Waals surface area contributed by atoms with Crippen molar-refractivity contribution < 1.29 is 0 Å². The van der Waals surface area contributed by atoms with Crippen LogP contribution in [0.2, 0.25) is 0 Å². The first-order chi connectivity index (χ1) is 10.8. The zero-order valence-corrected chi connectivity index (χ0v) is 13.2. The van der Waals surface area contributed by atoms with Crippen LogP contribution in [0.25, 0.3) is 11.1 Å². The summed E-state index contributed by atoms with van der Waals surface area (Å²) in [6.07, 6.45) is 0.826. The van der Waals surface area contributed by atoms with Gasteiger partial charge in [-0.1, -0.05) is 61.5 Å². The van der Waals surface area contributed by atoms with Gasteiger partial charge in [-0.05, 0) is 28.9 Å². The zero-order chi connectivity index (χ0) is 15.4. The Morgan fingerprint density at radius 3 is 2.41 bits per heavy atom. The first-order valence-corrected chi connectivity index (χ1v) is 7.73. The Morgan fingerprint density at radius 2 is 1.73 bits per heavy atom. The summed E-state index contributed by atoms with van der Waals surface area (Å²) < 4.78 is 2.43. The molecule has 2 aromatic carbocycles. The second-order valence-corrected chi connectivity index (χ2v) is 5.42. The van der Waals surface area contributed by atoms with Crippen LogP contribution in [-0.4, -0.2) is 14.9 Å². The molecule has 0 aliphatic heterocycles. The van der Waals surface area contributed by atoms with Crippen LogP contribution in [0.5, 0.6) is 0 Å². The van der Waals surface area contributed by atoms with E-state index in [0.717, 1.165) is 12.2 Å². The standard InChI is InChI=1S/C17H18N4S/c1-2-16-19-20-17(22)21(16)18-12-13-8-10-15(11-9-13)14-6-4-3-5-7-14/h3-11,18H,2,12H2,1H3,(H,20,22). The molecule has 0 unspecified atom stereocenters. The minimum atomic E-state index is 0.595. The number of hydrogen-bond donors (Lipinski definition) is 2. The van der Waals surface area contributed by atoms with Crippen molar-refractivity contribution in [3.8, 4) is 11.1 Å². The topological polar surface area (TPSA) is 45.6 Å². The smallest absolute Gasteiger partial charge is 0.214 e. The van der Waals surface area contributed by atoms with E-state index in [1.807, 2.05) is 10.7 Å². The second kappa shape index (κ2) is 6.58. The van der Waals surface area contributed by atoms with Crippen molar-refractivity contribution in [2.75, 3.05) is 5.43 Å². The van der Waals surface area contributed by atoms with E-state index < -0.39 is 0 Å². The molecule has 2 N–H and O–H groups in total. The Balaban J connectivity index is 1.72. The molecule has 0 fully saturated rings. The fourth-order valence-electron chi connectivity index (χ4n) is 2.35. The number of aromatic nitrogens is 3. The highest BCUT2D eigenvalue weighted by atomic mass is 32.1. The van der Waals surface area contributed by atoms with Crippen LogP contribution >= 0.6 is 12.2 Å². The highest BCUT2D eigenvalue weighted by Crippen LogP contribution is 2.19. The summed E-state index contributed by atoms with van der Waals surface area (Å²) in [5, 5.41) is 6.99. The number of nitrogens with one attached hydrogen (secondary N) is 2. The molecule has 0 spiro atoms. The molecule has 0 aliphatic rings. The molecule has 5 heteroatoms. The van der Waals surface area contributed by atoms with Crippen LogP contribution in [0, 0.1) is 4.77 Å². The lowest BCUT2D eigenvalue weighted by Crippen LogP contribution is -2.17. The third-order valence-electron chi connectivity index (χ3n) is 3.56. The lowest BCUT2D eigenvalue weighted by atomic mass is 10.0. The van der Waals surface area contributed by atoms with Gasteiger partial charge in [0.05, 0.1) is 6.54 Å². The van der Waals surface area contributed by atoms with E-state index in [9.17, 15) is 0 Å². The third kappa shape index (κ3) is 3.09. The monoisotopic (exact) mass is 310 g/mol. The average Bonchev–Trinajstić information content (AvgIpc) is 2.94. The Hall–Kier alpha value is -2.40. The van der Waals surface area contributed by atoms with E-state index in [1.54, 1.807) is 0 Å². The number of aryl methyl sites for hydroxylation is 1. The molecule has 0 amide bonds. The molecule has 3 aromatic rings. The van der Waals surface area contributed by atoms with Crippen molar-refractivity contribution in [3.63, 3.8) is 0 Å². The van der Waals surface area contributed by atoms with Crippen LogP contribution in [-0.2, 0) is 13.0 Å². The molecule has 4 nitrogen and oxygen atoms in total. The van der Waals surface area contributed by atoms with Gasteiger partial charge in [-0.3, -0.25) is 5.10 Å². The van der Waals surface area contributed by atoms with Gasteiger partial charge in [-0.2, -0.15) is 5.10 Å². The second-order valence-electron chi connectivity index (χ2n) is 5.03. The van der Waals surface area contributed by atoms with Crippen molar-refractivity contribution in [1.29, 1.82) is 0 Å². The van der Waals surface area contributed by atoms with Gasteiger partial charge in [0.25, 0.3) is 0 Å². The maximum atomic E-state index is 5.22. The van der Waals surface area contributed by atoms with Crippen LogP contribution < -0.4 is 5.43 Å². The SMILES string of the molecule is CCc1n[nH]c(=S)n1NCc1ccc(-c2ccccc2)cc1. The molecule has 112 valence electrons. The Labute approximate surface area is 134 Å². The molecule has 22 heavy (non-hydrogen) atoms. The number of aromatic amines is 1. The van der Waals surface area contributed by atoms with Crippen molar-refractivity contribution in [3.05, 3.63) is 70.8 Å². The predicted molar refractivity (Wildman–Crippen MR) is 91.7 cm³/mol. The highest BCUT2D eigenvalue weighted by molar-refractivity contribution is 7.71. The van der Waals surface area contributed by atoms with Crippen LogP contribution in [0.1, 0.15) is 18.3 Å². The van der Waals surface area contributed by atoms with Gasteiger partial charge in [0.2, 0.25) is 4.77 Å². The lowest BCUT2D eigenvalue weighted by Gasteiger charge is -2.10. The lowest BCUT2D eigenvalue weighted by molar-refractivity contribution is 0.763. The number of benzene rings is 2. The van der Waals surface area contributed by atoms with Gasteiger partial charge in [0.15, 0.2) is 5.82 Å². The quantitative estimate of drug-likeness (QED) is 0.702. The molecular formula is C17H18N4S. The highest BCUT2D eigenvalue weighted by Gasteiger charge is 2.03. The minimum absolute atomic E-state index is 0.595. The molecule has 0 bridgehead atoms. The third-order valence-corrected chi connectivity index (χ3v) is 3.83. The summed E-state index contributed by atoms with van der Waals surface area (Å²) >= 11 is 5.22. The summed E-state index contributed by atoms with van der Waals surface area (Å²) in [7, 11) is 0. The van der Waals surface area contributed by atoms with E-state index in [1.165, 1.54) is 16.7 Å². The van der Waals surface area contributed by atoms with Gasteiger partial charge >= 0.3 is 0 Å². The molecule has 0 saturated heterocycles. The maximum absolute atomic E-state index is 5.22. The zero-order valence-electron chi connectivity index (χ0n) is 12.4. The fourth-order valence-corrected chi connectivity index (χ4v) is 2.56. The van der Waals surface area contributed by atoms with Gasteiger partial charge in [0.1, 0.15) is 0 Å². The summed E-state index contributed by atoms with van der Waals surface area (Å²) in [6.45, 7) is 2.76. The maximum Gasteiger partial charge on any atom is 0.214 e. The van der Waals surface area contributed by atoms with Crippen LogP contribution in [0.4, 0.5) is 0 Å². The van der Waals surface area contributed by atoms with Crippen molar-refractivity contribution in [1.82, 2.24) is 14.9 Å². The van der Waals surface area contributed by atoms with Gasteiger partial charge in [-0.25, -0.2) is 4.68 Å². The summed E-state index contributed by atoms with van der Waals surface area (Å²) in [5.41, 5.74) is 6.96.